The van der Waals surface area contributed by atoms with Crippen molar-refractivity contribution >= 4 is 29.2 Å². The van der Waals surface area contributed by atoms with Crippen molar-refractivity contribution in [3.8, 4) is 0 Å². The van der Waals surface area contributed by atoms with Crippen LogP contribution in [0.15, 0.2) is 18.2 Å². The minimum atomic E-state index is -4.52. The number of amides is 1. The molecule has 0 spiro atoms. The number of rotatable bonds is 7. The average Bonchev–Trinajstić information content (AvgIpc) is 2.63. The van der Waals surface area contributed by atoms with E-state index in [9.17, 15) is 22.8 Å². The molecule has 0 radical (unpaired) electrons. The molecule has 0 aliphatic carbocycles. The lowest BCUT2D eigenvalue weighted by Crippen LogP contribution is -2.54. The third-order valence-electron chi connectivity index (χ3n) is 5.77. The second-order valence-electron chi connectivity index (χ2n) is 8.22. The van der Waals surface area contributed by atoms with Crippen LogP contribution in [0.5, 0.6) is 0 Å². The summed E-state index contributed by atoms with van der Waals surface area (Å²) in [6.45, 7) is 5.62. The molecule has 1 saturated heterocycles. The van der Waals surface area contributed by atoms with E-state index >= 15 is 0 Å². The monoisotopic (exact) mass is 448 g/mol. The van der Waals surface area contributed by atoms with Gasteiger partial charge in [0.05, 0.1) is 23.0 Å². The first-order valence-corrected chi connectivity index (χ1v) is 10.4. The summed E-state index contributed by atoms with van der Waals surface area (Å²) in [5.74, 6) is -3.52. The number of carboxylic acid groups (broad SMARTS) is 1. The van der Waals surface area contributed by atoms with Crippen LogP contribution in [0.2, 0.25) is 5.02 Å². The SMILES string of the molecule is CC1CCN([C@@H](C(=O)Nc2cc([C@@H](C)CC(=O)O)ccc2Cl)[C@@H](C)C(F)(F)F)CC1. The van der Waals surface area contributed by atoms with Gasteiger partial charge in [-0.15, -0.1) is 0 Å². The Balaban J connectivity index is 2.27. The lowest BCUT2D eigenvalue weighted by molar-refractivity contribution is -0.189. The summed E-state index contributed by atoms with van der Waals surface area (Å²) >= 11 is 6.16. The van der Waals surface area contributed by atoms with Crippen molar-refractivity contribution in [3.05, 3.63) is 28.8 Å². The van der Waals surface area contributed by atoms with Crippen LogP contribution in [-0.2, 0) is 9.59 Å². The Hall–Kier alpha value is -1.80. The maximum atomic E-state index is 13.5. The molecule has 1 amide bonds. The summed E-state index contributed by atoms with van der Waals surface area (Å²) < 4.78 is 40.5. The molecule has 1 aliphatic rings. The van der Waals surface area contributed by atoms with Gasteiger partial charge in [-0.1, -0.05) is 38.4 Å². The number of halogens is 4. The topological polar surface area (TPSA) is 69.6 Å². The van der Waals surface area contributed by atoms with E-state index in [4.69, 9.17) is 16.7 Å². The van der Waals surface area contributed by atoms with Crippen LogP contribution in [0, 0.1) is 11.8 Å². The Labute approximate surface area is 179 Å². The fraction of sp³-hybridized carbons (Fsp3) is 0.619. The highest BCUT2D eigenvalue weighted by Gasteiger charge is 2.47. The van der Waals surface area contributed by atoms with Crippen LogP contribution >= 0.6 is 11.6 Å². The molecule has 0 unspecified atom stereocenters. The first-order chi connectivity index (χ1) is 13.9. The van der Waals surface area contributed by atoms with Crippen molar-refractivity contribution in [2.75, 3.05) is 18.4 Å². The summed E-state index contributed by atoms with van der Waals surface area (Å²) in [6, 6.07) is 3.32. The zero-order valence-electron chi connectivity index (χ0n) is 17.3. The normalized spacial score (nSPS) is 19.2. The molecule has 0 saturated carbocycles. The molecule has 2 N–H and O–H groups in total. The van der Waals surface area contributed by atoms with E-state index in [1.165, 1.54) is 12.1 Å². The van der Waals surface area contributed by atoms with E-state index < -0.39 is 30.0 Å². The highest BCUT2D eigenvalue weighted by Crippen LogP contribution is 2.34. The quantitative estimate of drug-likeness (QED) is 0.604. The Morgan fingerprint density at radius 2 is 1.87 bits per heavy atom. The molecule has 5 nitrogen and oxygen atoms in total. The van der Waals surface area contributed by atoms with E-state index in [2.05, 4.69) is 5.32 Å². The fourth-order valence-corrected chi connectivity index (χ4v) is 3.89. The number of likely N-dealkylation sites (tertiary alicyclic amines) is 1. The van der Waals surface area contributed by atoms with Gasteiger partial charge in [-0.3, -0.25) is 14.5 Å². The number of carbonyl (C=O) groups is 2. The van der Waals surface area contributed by atoms with Gasteiger partial charge >= 0.3 is 12.1 Å². The van der Waals surface area contributed by atoms with Gasteiger partial charge in [0.15, 0.2) is 0 Å². The second-order valence-corrected chi connectivity index (χ2v) is 8.63. The molecule has 3 atom stereocenters. The van der Waals surface area contributed by atoms with Gasteiger partial charge in [0.25, 0.3) is 0 Å². The van der Waals surface area contributed by atoms with Crippen molar-refractivity contribution in [3.63, 3.8) is 0 Å². The maximum Gasteiger partial charge on any atom is 0.393 e. The smallest absolute Gasteiger partial charge is 0.393 e. The second kappa shape index (κ2) is 10.0. The first-order valence-electron chi connectivity index (χ1n) is 10.0. The molecule has 168 valence electrons. The van der Waals surface area contributed by atoms with Gasteiger partial charge in [-0.25, -0.2) is 0 Å². The molecule has 2 rings (SSSR count). The third kappa shape index (κ3) is 6.35. The third-order valence-corrected chi connectivity index (χ3v) is 6.10. The Morgan fingerprint density at radius 1 is 1.27 bits per heavy atom. The van der Waals surface area contributed by atoms with E-state index in [1.807, 2.05) is 6.92 Å². The molecule has 0 aromatic heterocycles. The highest BCUT2D eigenvalue weighted by molar-refractivity contribution is 6.33. The number of nitrogens with zero attached hydrogens (tertiary/aromatic N) is 1. The van der Waals surface area contributed by atoms with Crippen molar-refractivity contribution in [1.82, 2.24) is 4.90 Å². The Morgan fingerprint density at radius 3 is 2.40 bits per heavy atom. The average molecular weight is 449 g/mol. The molecule has 1 aromatic rings. The van der Waals surface area contributed by atoms with Crippen LogP contribution in [0.1, 0.15) is 51.5 Å². The summed E-state index contributed by atoms with van der Waals surface area (Å²) in [4.78, 5) is 25.5. The Kier molecular flexibility index (Phi) is 8.16. The molecule has 0 bridgehead atoms. The first kappa shape index (κ1) is 24.5. The lowest BCUT2D eigenvalue weighted by atomic mass is 9.92. The number of anilines is 1. The minimum absolute atomic E-state index is 0.116. The highest BCUT2D eigenvalue weighted by atomic mass is 35.5. The van der Waals surface area contributed by atoms with Gasteiger partial charge in [0, 0.05) is 0 Å². The van der Waals surface area contributed by atoms with Gasteiger partial charge in [0.1, 0.15) is 6.04 Å². The number of carbonyl (C=O) groups excluding carboxylic acids is 1. The number of hydrogen-bond acceptors (Lipinski definition) is 3. The predicted molar refractivity (Wildman–Crippen MR) is 110 cm³/mol. The zero-order chi connectivity index (χ0) is 22.6. The fourth-order valence-electron chi connectivity index (χ4n) is 3.73. The lowest BCUT2D eigenvalue weighted by Gasteiger charge is -2.39. The number of nitrogens with one attached hydrogen (secondary N) is 1. The van der Waals surface area contributed by atoms with Crippen molar-refractivity contribution < 1.29 is 27.9 Å². The van der Waals surface area contributed by atoms with E-state index in [0.29, 0.717) is 24.6 Å². The van der Waals surface area contributed by atoms with Crippen LogP contribution in [0.4, 0.5) is 18.9 Å². The van der Waals surface area contributed by atoms with Gasteiger partial charge in [-0.2, -0.15) is 13.2 Å². The molecule has 1 fully saturated rings. The number of piperidine rings is 1. The number of carboxylic acids is 1. The number of benzene rings is 1. The van der Waals surface area contributed by atoms with Crippen molar-refractivity contribution in [2.45, 2.75) is 58.2 Å². The molecule has 1 aromatic carbocycles. The molecular formula is C21H28ClF3N2O3. The summed E-state index contributed by atoms with van der Waals surface area (Å²) in [5, 5.41) is 11.7. The molecule has 9 heteroatoms. The molecule has 30 heavy (non-hydrogen) atoms. The summed E-state index contributed by atoms with van der Waals surface area (Å²) in [6.07, 6.45) is -3.17. The van der Waals surface area contributed by atoms with Crippen LogP contribution in [0.3, 0.4) is 0 Å². The molecule has 1 aliphatic heterocycles. The van der Waals surface area contributed by atoms with Gasteiger partial charge < -0.3 is 10.4 Å². The van der Waals surface area contributed by atoms with Crippen molar-refractivity contribution in [2.24, 2.45) is 11.8 Å². The summed E-state index contributed by atoms with van der Waals surface area (Å²) in [7, 11) is 0. The van der Waals surface area contributed by atoms with Crippen LogP contribution in [-0.4, -0.2) is 47.2 Å². The summed E-state index contributed by atoms with van der Waals surface area (Å²) in [5.41, 5.74) is 0.811. The minimum Gasteiger partial charge on any atom is -0.481 e. The standard InChI is InChI=1S/C21H28ClF3N2O3/c1-12-6-8-27(9-7-12)19(14(3)21(23,24)25)20(30)26-17-11-15(4-5-16(17)22)13(2)10-18(28)29/h4-5,11-14,19H,6-10H2,1-3H3,(H,26,30)(H,28,29)/t13-,14+,19+/m0/s1. The zero-order valence-corrected chi connectivity index (χ0v) is 18.1. The van der Waals surface area contributed by atoms with E-state index in [-0.39, 0.29) is 23.0 Å². The van der Waals surface area contributed by atoms with Gasteiger partial charge in [0.2, 0.25) is 5.91 Å². The van der Waals surface area contributed by atoms with Crippen molar-refractivity contribution in [1.29, 1.82) is 0 Å². The van der Waals surface area contributed by atoms with E-state index in [1.54, 1.807) is 17.9 Å². The number of hydrogen-bond donors (Lipinski definition) is 2. The predicted octanol–water partition coefficient (Wildman–Crippen LogP) is 5.16. The Bertz CT molecular complexity index is 764. The van der Waals surface area contributed by atoms with Crippen LogP contribution in [0.25, 0.3) is 0 Å². The number of alkyl halides is 3. The van der Waals surface area contributed by atoms with Crippen LogP contribution < -0.4 is 5.32 Å². The van der Waals surface area contributed by atoms with E-state index in [0.717, 1.165) is 19.8 Å². The maximum absolute atomic E-state index is 13.5. The molecular weight excluding hydrogens is 421 g/mol. The van der Waals surface area contributed by atoms with Gasteiger partial charge in [-0.05, 0) is 55.5 Å². The largest absolute Gasteiger partial charge is 0.481 e. The molecule has 1 heterocycles. The number of aliphatic carboxylic acids is 1.